The van der Waals surface area contributed by atoms with Gasteiger partial charge in [-0.3, -0.25) is 4.68 Å². The molecule has 0 unspecified atom stereocenters. The van der Waals surface area contributed by atoms with Gasteiger partial charge in [0.15, 0.2) is 0 Å². The zero-order valence-corrected chi connectivity index (χ0v) is 14.9. The Morgan fingerprint density at radius 3 is 2.17 bits per heavy atom. The molecule has 0 atom stereocenters. The zero-order valence-electron chi connectivity index (χ0n) is 14.2. The van der Waals surface area contributed by atoms with Gasteiger partial charge in [0.2, 0.25) is 5.88 Å². The van der Waals surface area contributed by atoms with Crippen molar-refractivity contribution in [3.8, 4) is 5.88 Å². The fourth-order valence-electron chi connectivity index (χ4n) is 6.07. The third-order valence-corrected chi connectivity index (χ3v) is 7.14. The highest BCUT2D eigenvalue weighted by molar-refractivity contribution is 6.30. The second-order valence-corrected chi connectivity index (χ2v) is 8.80. The average Bonchev–Trinajstić information content (AvgIpc) is 2.57. The third-order valence-electron chi connectivity index (χ3n) is 6.89. The molecule has 4 fully saturated rings. The Morgan fingerprint density at radius 2 is 1.58 bits per heavy atom. The predicted octanol–water partition coefficient (Wildman–Crippen LogP) is 5.00. The molecule has 1 aromatic heterocycles. The van der Waals surface area contributed by atoms with Crippen LogP contribution in [0.3, 0.4) is 0 Å². The van der Waals surface area contributed by atoms with E-state index in [0.717, 1.165) is 40.9 Å². The van der Waals surface area contributed by atoms with E-state index in [4.69, 9.17) is 11.6 Å². The molecule has 2 aromatic rings. The first-order chi connectivity index (χ1) is 11.6. The van der Waals surface area contributed by atoms with Gasteiger partial charge < -0.3 is 5.11 Å². The second-order valence-electron chi connectivity index (χ2n) is 8.36. The maximum atomic E-state index is 10.6. The molecule has 4 aliphatic carbocycles. The summed E-state index contributed by atoms with van der Waals surface area (Å²) >= 11 is 6.01. The smallest absolute Gasteiger partial charge is 0.227 e. The molecule has 1 aromatic carbocycles. The second kappa shape index (κ2) is 5.32. The van der Waals surface area contributed by atoms with Crippen molar-refractivity contribution in [3.05, 3.63) is 40.5 Å². The van der Waals surface area contributed by atoms with Gasteiger partial charge in [0.1, 0.15) is 0 Å². The molecule has 1 heterocycles. The summed E-state index contributed by atoms with van der Waals surface area (Å²) < 4.78 is 4.52. The lowest BCUT2D eigenvalue weighted by Gasteiger charge is -2.56. The maximum absolute atomic E-state index is 10.6. The molecule has 3 nitrogen and oxygen atoms in total. The number of benzene rings is 1. The number of hydrogen-bond donors (Lipinski definition) is 1. The summed E-state index contributed by atoms with van der Waals surface area (Å²) in [6.45, 7) is 2.84. The molecule has 0 radical (unpaired) electrons. The van der Waals surface area contributed by atoms with Crippen molar-refractivity contribution in [1.29, 1.82) is 0 Å². The first-order valence-corrected chi connectivity index (χ1v) is 9.69. The number of aromatic nitrogens is 2. The Bertz CT molecular complexity index is 729. The molecule has 128 valence electrons. The van der Waals surface area contributed by atoms with Crippen molar-refractivity contribution in [1.82, 2.24) is 9.36 Å². The molecule has 0 amide bonds. The van der Waals surface area contributed by atoms with Crippen LogP contribution in [0.4, 0.5) is 0 Å². The third kappa shape index (κ3) is 2.17. The zero-order chi connectivity index (χ0) is 16.4. The van der Waals surface area contributed by atoms with E-state index in [-0.39, 0.29) is 0 Å². The van der Waals surface area contributed by atoms with Gasteiger partial charge in [-0.2, -0.15) is 0 Å². The Labute approximate surface area is 148 Å². The highest BCUT2D eigenvalue weighted by Gasteiger charge is 2.50. The van der Waals surface area contributed by atoms with Gasteiger partial charge in [-0.15, -0.1) is 0 Å². The van der Waals surface area contributed by atoms with Crippen LogP contribution in [0.25, 0.3) is 0 Å². The number of aromatic hydroxyl groups is 1. The van der Waals surface area contributed by atoms with Crippen LogP contribution in [-0.2, 0) is 6.54 Å². The normalized spacial score (nSPS) is 34.2. The Hall–Kier alpha value is -1.35. The number of nitrogens with zero attached hydrogens (tertiary/aromatic N) is 2. The van der Waals surface area contributed by atoms with E-state index in [1.165, 1.54) is 37.7 Å². The standard InChI is InChI=1S/C20H25ClN2O/c1-12-20(24)23(22(12)11-13-2-4-18(21)5-3-13)19-16-7-14-6-15(9-16)10-17(19)8-14/h2-5,14-17,19,24H,6-11H2,1H3. The number of halogens is 1. The summed E-state index contributed by atoms with van der Waals surface area (Å²) in [6.07, 6.45) is 6.95. The summed E-state index contributed by atoms with van der Waals surface area (Å²) in [7, 11) is 0. The molecule has 6 rings (SSSR count). The molecule has 4 saturated carbocycles. The van der Waals surface area contributed by atoms with E-state index in [1.807, 2.05) is 19.1 Å². The highest BCUT2D eigenvalue weighted by Crippen LogP contribution is 2.59. The molecule has 0 spiro atoms. The minimum Gasteiger partial charge on any atom is -0.492 e. The molecule has 4 bridgehead atoms. The number of rotatable bonds is 3. The summed E-state index contributed by atoms with van der Waals surface area (Å²) in [5.74, 6) is 3.96. The fourth-order valence-corrected chi connectivity index (χ4v) is 6.19. The van der Waals surface area contributed by atoms with Crippen LogP contribution in [0.15, 0.2) is 24.3 Å². The van der Waals surface area contributed by atoms with Crippen molar-refractivity contribution in [2.75, 3.05) is 0 Å². The summed E-state index contributed by atoms with van der Waals surface area (Å²) in [5.41, 5.74) is 2.24. The maximum Gasteiger partial charge on any atom is 0.227 e. The summed E-state index contributed by atoms with van der Waals surface area (Å²) in [4.78, 5) is 0. The average molecular weight is 345 g/mol. The lowest BCUT2D eigenvalue weighted by Crippen LogP contribution is -2.48. The molecule has 4 aliphatic rings. The van der Waals surface area contributed by atoms with Gasteiger partial charge in [-0.25, -0.2) is 4.68 Å². The monoisotopic (exact) mass is 344 g/mol. The summed E-state index contributed by atoms with van der Waals surface area (Å²) in [5, 5.41) is 11.4. The van der Waals surface area contributed by atoms with Gasteiger partial charge >= 0.3 is 0 Å². The van der Waals surface area contributed by atoms with Crippen molar-refractivity contribution < 1.29 is 5.11 Å². The Balaban J connectivity index is 1.46. The van der Waals surface area contributed by atoms with Gasteiger partial charge in [-0.05, 0) is 80.4 Å². The molecular weight excluding hydrogens is 320 g/mol. The predicted molar refractivity (Wildman–Crippen MR) is 95.5 cm³/mol. The quantitative estimate of drug-likeness (QED) is 0.834. The van der Waals surface area contributed by atoms with E-state index < -0.39 is 0 Å². The van der Waals surface area contributed by atoms with E-state index in [1.54, 1.807) is 0 Å². The Kier molecular flexibility index (Phi) is 3.31. The van der Waals surface area contributed by atoms with Crippen molar-refractivity contribution in [2.24, 2.45) is 23.7 Å². The van der Waals surface area contributed by atoms with Crippen molar-refractivity contribution in [3.63, 3.8) is 0 Å². The topological polar surface area (TPSA) is 30.1 Å². The minimum absolute atomic E-state index is 0.501. The highest BCUT2D eigenvalue weighted by atomic mass is 35.5. The van der Waals surface area contributed by atoms with Gasteiger partial charge in [0, 0.05) is 5.02 Å². The number of hydrogen-bond acceptors (Lipinski definition) is 1. The van der Waals surface area contributed by atoms with Gasteiger partial charge in [-0.1, -0.05) is 23.7 Å². The molecule has 1 N–H and O–H groups in total. The molecule has 4 heteroatoms. The van der Waals surface area contributed by atoms with Crippen LogP contribution in [0, 0.1) is 30.6 Å². The SMILES string of the molecule is Cc1c(O)n(C2C3CC4CC(C3)CC2C4)n1Cc1ccc(Cl)cc1. The van der Waals surface area contributed by atoms with Crippen LogP contribution >= 0.6 is 11.6 Å². The lowest BCUT2D eigenvalue weighted by atomic mass is 9.54. The molecule has 24 heavy (non-hydrogen) atoms. The van der Waals surface area contributed by atoms with E-state index in [0.29, 0.717) is 11.9 Å². The summed E-state index contributed by atoms with van der Waals surface area (Å²) in [6, 6.07) is 8.57. The van der Waals surface area contributed by atoms with Crippen molar-refractivity contribution in [2.45, 2.75) is 51.6 Å². The lowest BCUT2D eigenvalue weighted by molar-refractivity contribution is -0.0458. The largest absolute Gasteiger partial charge is 0.492 e. The van der Waals surface area contributed by atoms with E-state index in [2.05, 4.69) is 21.5 Å². The van der Waals surface area contributed by atoms with Crippen LogP contribution in [0.5, 0.6) is 5.88 Å². The van der Waals surface area contributed by atoms with Crippen LogP contribution in [-0.4, -0.2) is 14.5 Å². The molecule has 0 aliphatic heterocycles. The van der Waals surface area contributed by atoms with Crippen molar-refractivity contribution >= 4 is 11.6 Å². The van der Waals surface area contributed by atoms with E-state index in [9.17, 15) is 5.11 Å². The van der Waals surface area contributed by atoms with E-state index >= 15 is 0 Å². The molecular formula is C20H25ClN2O. The van der Waals surface area contributed by atoms with Gasteiger partial charge in [0.25, 0.3) is 0 Å². The van der Waals surface area contributed by atoms with Gasteiger partial charge in [0.05, 0.1) is 18.3 Å². The van der Waals surface area contributed by atoms with Crippen LogP contribution < -0.4 is 0 Å². The molecule has 0 saturated heterocycles. The fraction of sp³-hybridized carbons (Fsp3) is 0.600. The van der Waals surface area contributed by atoms with Crippen LogP contribution in [0.2, 0.25) is 5.02 Å². The van der Waals surface area contributed by atoms with Crippen LogP contribution in [0.1, 0.15) is 49.4 Å². The first-order valence-electron chi connectivity index (χ1n) is 9.31. The minimum atomic E-state index is 0.501. The first kappa shape index (κ1) is 14.9. The Morgan fingerprint density at radius 1 is 1.00 bits per heavy atom.